The summed E-state index contributed by atoms with van der Waals surface area (Å²) in [5.41, 5.74) is 6.34. The maximum Gasteiger partial charge on any atom is 0.194 e. The molecule has 1 aliphatic rings. The van der Waals surface area contributed by atoms with E-state index in [9.17, 15) is 4.79 Å². The van der Waals surface area contributed by atoms with Crippen LogP contribution in [-0.2, 0) is 13.1 Å². The monoisotopic (exact) mass is 422 g/mol. The molecule has 0 heterocycles. The van der Waals surface area contributed by atoms with E-state index in [-0.39, 0.29) is 30.6 Å². The summed E-state index contributed by atoms with van der Waals surface area (Å²) < 4.78 is 0. The molecule has 0 fully saturated rings. The average Bonchev–Trinajstić information content (AvgIpc) is 2.95. The molecule has 0 spiro atoms. The number of rotatable bonds is 8. The Balaban J connectivity index is 0.00000196. The minimum absolute atomic E-state index is 0. The molecule has 3 nitrogen and oxygen atoms in total. The van der Waals surface area contributed by atoms with Gasteiger partial charge in [-0.15, -0.1) is 24.8 Å². The topological polar surface area (TPSA) is 23.6 Å². The maximum absolute atomic E-state index is 13.0. The molecule has 28 heavy (non-hydrogen) atoms. The van der Waals surface area contributed by atoms with Crippen molar-refractivity contribution in [2.75, 3.05) is 26.2 Å². The van der Waals surface area contributed by atoms with Gasteiger partial charge in [-0.25, -0.2) is 0 Å². The van der Waals surface area contributed by atoms with Gasteiger partial charge in [-0.1, -0.05) is 52.0 Å². The molecule has 0 saturated carbocycles. The molecule has 0 aromatic heterocycles. The molecular formula is C23H32Cl2N2O. The lowest BCUT2D eigenvalue weighted by atomic mass is 10.0. The third-order valence-corrected chi connectivity index (χ3v) is 5.55. The fourth-order valence-electron chi connectivity index (χ4n) is 3.78. The number of fused-ring (bicyclic) bond motifs is 3. The van der Waals surface area contributed by atoms with E-state index in [1.54, 1.807) is 0 Å². The first-order valence-electron chi connectivity index (χ1n) is 9.86. The van der Waals surface area contributed by atoms with Crippen LogP contribution in [0.25, 0.3) is 11.1 Å². The van der Waals surface area contributed by atoms with E-state index in [0.29, 0.717) is 0 Å². The van der Waals surface area contributed by atoms with Crippen molar-refractivity contribution >= 4 is 30.6 Å². The minimum atomic E-state index is 0. The molecule has 1 aliphatic carbocycles. The SMILES string of the molecule is CCN(CC)Cc1ccc2c(c1)C(=O)c1cc(CN(CC)CC)ccc1-2.Cl.Cl. The average molecular weight is 423 g/mol. The lowest BCUT2D eigenvalue weighted by Crippen LogP contribution is -2.22. The number of nitrogens with zero attached hydrogens (tertiary/aromatic N) is 2. The number of carbonyl (C=O) groups is 1. The lowest BCUT2D eigenvalue weighted by molar-refractivity contribution is 0.104. The highest BCUT2D eigenvalue weighted by Gasteiger charge is 2.27. The van der Waals surface area contributed by atoms with Crippen LogP contribution in [0.15, 0.2) is 36.4 Å². The number of hydrogen-bond donors (Lipinski definition) is 0. The Morgan fingerprint density at radius 2 is 0.964 bits per heavy atom. The molecule has 2 aromatic rings. The van der Waals surface area contributed by atoms with Crippen LogP contribution < -0.4 is 0 Å². The van der Waals surface area contributed by atoms with Gasteiger partial charge in [0, 0.05) is 24.2 Å². The lowest BCUT2D eigenvalue weighted by Gasteiger charge is -2.18. The van der Waals surface area contributed by atoms with Gasteiger partial charge in [0.25, 0.3) is 0 Å². The molecule has 0 unspecified atom stereocenters. The third kappa shape index (κ3) is 4.96. The zero-order valence-electron chi connectivity index (χ0n) is 17.3. The minimum Gasteiger partial charge on any atom is -0.300 e. The normalized spacial score (nSPS) is 11.9. The largest absolute Gasteiger partial charge is 0.300 e. The zero-order chi connectivity index (χ0) is 18.7. The summed E-state index contributed by atoms with van der Waals surface area (Å²) in [6, 6.07) is 12.8. The fourth-order valence-corrected chi connectivity index (χ4v) is 3.78. The molecule has 0 atom stereocenters. The second-order valence-electron chi connectivity index (χ2n) is 7.01. The van der Waals surface area contributed by atoms with Gasteiger partial charge >= 0.3 is 0 Å². The molecule has 0 N–H and O–H groups in total. The van der Waals surface area contributed by atoms with E-state index in [1.807, 2.05) is 0 Å². The molecule has 0 saturated heterocycles. The molecule has 2 aromatic carbocycles. The van der Waals surface area contributed by atoms with E-state index < -0.39 is 0 Å². The predicted molar refractivity (Wildman–Crippen MR) is 123 cm³/mol. The van der Waals surface area contributed by atoms with Crippen molar-refractivity contribution in [3.05, 3.63) is 58.7 Å². The van der Waals surface area contributed by atoms with Crippen LogP contribution in [0.3, 0.4) is 0 Å². The first-order chi connectivity index (χ1) is 12.6. The van der Waals surface area contributed by atoms with Crippen molar-refractivity contribution in [1.82, 2.24) is 9.80 Å². The number of hydrogen-bond acceptors (Lipinski definition) is 3. The molecule has 154 valence electrons. The highest BCUT2D eigenvalue weighted by Crippen LogP contribution is 2.37. The molecule has 0 aliphatic heterocycles. The molecule has 3 rings (SSSR count). The predicted octanol–water partition coefficient (Wildman–Crippen LogP) is 5.43. The van der Waals surface area contributed by atoms with Crippen LogP contribution in [0.2, 0.25) is 0 Å². The van der Waals surface area contributed by atoms with Gasteiger partial charge in [-0.3, -0.25) is 14.6 Å². The standard InChI is InChI=1S/C23H30N2O.2ClH/c1-5-24(6-2)15-17-9-11-19-20-12-10-18(16-25(7-3)8-4)14-22(20)23(26)21(19)13-17;;/h9-14H,5-8,15-16H2,1-4H3;2*1H. The van der Waals surface area contributed by atoms with E-state index >= 15 is 0 Å². The summed E-state index contributed by atoms with van der Waals surface area (Å²) in [6.45, 7) is 14.6. The van der Waals surface area contributed by atoms with Crippen molar-refractivity contribution in [3.8, 4) is 11.1 Å². The van der Waals surface area contributed by atoms with Crippen LogP contribution >= 0.6 is 24.8 Å². The highest BCUT2D eigenvalue weighted by molar-refractivity contribution is 6.21. The summed E-state index contributed by atoms with van der Waals surface area (Å²) in [7, 11) is 0. The van der Waals surface area contributed by atoms with E-state index in [4.69, 9.17) is 0 Å². The maximum atomic E-state index is 13.0. The smallest absolute Gasteiger partial charge is 0.194 e. The second kappa shape index (κ2) is 11.0. The summed E-state index contributed by atoms with van der Waals surface area (Å²) in [4.78, 5) is 17.8. The van der Waals surface area contributed by atoms with Crippen LogP contribution in [0, 0.1) is 0 Å². The second-order valence-corrected chi connectivity index (χ2v) is 7.01. The number of carbonyl (C=O) groups excluding carboxylic acids is 1. The number of ketones is 1. The Labute approximate surface area is 181 Å². The Bertz CT molecular complexity index is 734. The summed E-state index contributed by atoms with van der Waals surface area (Å²) >= 11 is 0. The molecule has 0 amide bonds. The first-order valence-corrected chi connectivity index (χ1v) is 9.86. The van der Waals surface area contributed by atoms with Crippen LogP contribution in [0.1, 0.15) is 54.7 Å². The number of benzene rings is 2. The van der Waals surface area contributed by atoms with Gasteiger partial charge in [-0.2, -0.15) is 0 Å². The Morgan fingerprint density at radius 1 is 0.607 bits per heavy atom. The molecular weight excluding hydrogens is 391 g/mol. The third-order valence-electron chi connectivity index (χ3n) is 5.55. The van der Waals surface area contributed by atoms with Gasteiger partial charge in [0.05, 0.1) is 0 Å². The van der Waals surface area contributed by atoms with E-state index in [1.165, 1.54) is 11.1 Å². The van der Waals surface area contributed by atoms with E-state index in [0.717, 1.165) is 61.5 Å². The van der Waals surface area contributed by atoms with Gasteiger partial charge < -0.3 is 0 Å². The zero-order valence-corrected chi connectivity index (χ0v) is 19.0. The highest BCUT2D eigenvalue weighted by atomic mass is 35.5. The van der Waals surface area contributed by atoms with Gasteiger partial charge in [0.15, 0.2) is 5.78 Å². The van der Waals surface area contributed by atoms with Gasteiger partial charge in [-0.05, 0) is 60.6 Å². The van der Waals surface area contributed by atoms with Crippen LogP contribution in [-0.4, -0.2) is 41.8 Å². The van der Waals surface area contributed by atoms with Crippen molar-refractivity contribution in [2.45, 2.75) is 40.8 Å². The quantitative estimate of drug-likeness (QED) is 0.483. The molecule has 0 bridgehead atoms. The summed E-state index contributed by atoms with van der Waals surface area (Å²) in [5.74, 6) is 0.179. The Kier molecular flexibility index (Phi) is 9.65. The molecule has 0 radical (unpaired) electrons. The van der Waals surface area contributed by atoms with Crippen molar-refractivity contribution in [2.24, 2.45) is 0 Å². The fraction of sp³-hybridized carbons (Fsp3) is 0.435. The van der Waals surface area contributed by atoms with Crippen molar-refractivity contribution < 1.29 is 4.79 Å². The number of halogens is 2. The summed E-state index contributed by atoms with van der Waals surface area (Å²) in [6.07, 6.45) is 0. The first kappa shape index (κ1) is 24.6. The van der Waals surface area contributed by atoms with E-state index in [2.05, 4.69) is 73.9 Å². The summed E-state index contributed by atoms with van der Waals surface area (Å²) in [5, 5.41) is 0. The van der Waals surface area contributed by atoms with Gasteiger partial charge in [0.1, 0.15) is 0 Å². The molecule has 5 heteroatoms. The Hall–Kier alpha value is -1.39. The van der Waals surface area contributed by atoms with Gasteiger partial charge in [0.2, 0.25) is 0 Å². The van der Waals surface area contributed by atoms with Crippen LogP contribution in [0.5, 0.6) is 0 Å². The Morgan fingerprint density at radius 3 is 1.29 bits per heavy atom. The van der Waals surface area contributed by atoms with Crippen molar-refractivity contribution in [1.29, 1.82) is 0 Å². The van der Waals surface area contributed by atoms with Crippen LogP contribution in [0.4, 0.5) is 0 Å². The van der Waals surface area contributed by atoms with Crippen molar-refractivity contribution in [3.63, 3.8) is 0 Å².